The molecule has 0 saturated heterocycles. The van der Waals surface area contributed by atoms with Crippen LogP contribution in [0.25, 0.3) is 21.7 Å². The third-order valence-electron chi connectivity index (χ3n) is 4.51. The molecule has 0 amide bonds. The number of thiazole rings is 1. The Morgan fingerprint density at radius 1 is 1.17 bits per heavy atom. The lowest BCUT2D eigenvalue weighted by Gasteiger charge is -2.11. The average Bonchev–Trinajstić information content (AvgIpc) is 3.48. The van der Waals surface area contributed by atoms with Crippen molar-refractivity contribution in [1.29, 1.82) is 0 Å². The lowest BCUT2D eigenvalue weighted by molar-refractivity contribution is 0.174. The van der Waals surface area contributed by atoms with Crippen molar-refractivity contribution in [3.63, 3.8) is 0 Å². The summed E-state index contributed by atoms with van der Waals surface area (Å²) in [5.41, 5.74) is 8.34. The molecular weight excluding hydrogens is 442 g/mol. The number of nitrogen functional groups attached to an aromatic ring is 1. The summed E-state index contributed by atoms with van der Waals surface area (Å²) in [4.78, 5) is 18.7. The summed E-state index contributed by atoms with van der Waals surface area (Å²) in [5, 5.41) is 9.22. The molecule has 0 aliphatic carbocycles. The highest BCUT2D eigenvalue weighted by molar-refractivity contribution is 7.99. The van der Waals surface area contributed by atoms with E-state index in [1.807, 2.05) is 17.5 Å². The summed E-state index contributed by atoms with van der Waals surface area (Å²) in [7, 11) is 0. The molecule has 5 rings (SSSR count). The van der Waals surface area contributed by atoms with E-state index < -0.39 is 0 Å². The molecule has 0 atom stereocenters. The first-order valence-electron chi connectivity index (χ1n) is 9.04. The molecule has 9 nitrogen and oxygen atoms in total. The van der Waals surface area contributed by atoms with Crippen LogP contribution in [0.5, 0.6) is 11.5 Å². The van der Waals surface area contributed by atoms with Crippen LogP contribution in [0.4, 0.5) is 5.82 Å². The topological polar surface area (TPSA) is 127 Å². The summed E-state index contributed by atoms with van der Waals surface area (Å²) < 4.78 is 13.2. The van der Waals surface area contributed by atoms with E-state index in [0.29, 0.717) is 28.5 Å². The van der Waals surface area contributed by atoms with Crippen LogP contribution in [0.15, 0.2) is 40.1 Å². The van der Waals surface area contributed by atoms with Gasteiger partial charge in [-0.25, -0.2) is 19.9 Å². The number of hydrogen-bond acceptors (Lipinski definition) is 11. The van der Waals surface area contributed by atoms with E-state index in [1.54, 1.807) is 17.5 Å². The van der Waals surface area contributed by atoms with Gasteiger partial charge in [0, 0.05) is 34.3 Å². The second kappa shape index (κ2) is 8.30. The first-order valence-corrected chi connectivity index (χ1v) is 11.8. The quantitative estimate of drug-likeness (QED) is 0.313. The molecule has 154 valence electrons. The molecule has 4 N–H and O–H groups in total. The third kappa shape index (κ3) is 3.55. The molecular formula is C18H17N7O2S3. The minimum Gasteiger partial charge on any atom is -0.454 e. The summed E-state index contributed by atoms with van der Waals surface area (Å²) in [6.07, 6.45) is 4.13. The number of anilines is 1. The van der Waals surface area contributed by atoms with E-state index in [1.165, 1.54) is 30.0 Å². The Morgan fingerprint density at radius 3 is 2.83 bits per heavy atom. The summed E-state index contributed by atoms with van der Waals surface area (Å²) >= 11 is 4.41. The molecule has 30 heavy (non-hydrogen) atoms. The van der Waals surface area contributed by atoms with Gasteiger partial charge in [0.1, 0.15) is 11.3 Å². The van der Waals surface area contributed by atoms with E-state index in [2.05, 4.69) is 19.5 Å². The van der Waals surface area contributed by atoms with Gasteiger partial charge in [-0.3, -0.25) is 5.14 Å². The minimum absolute atomic E-state index is 0.210. The summed E-state index contributed by atoms with van der Waals surface area (Å²) in [6.45, 7) is 0.929. The molecule has 0 fully saturated rings. The molecule has 3 aromatic heterocycles. The number of ether oxygens (including phenoxy) is 2. The number of fused-ring (bicyclic) bond motifs is 2. The number of nitrogens with zero attached hydrogens (tertiary/aromatic N) is 5. The van der Waals surface area contributed by atoms with E-state index in [4.69, 9.17) is 25.3 Å². The highest BCUT2D eigenvalue weighted by Crippen LogP contribution is 2.45. The number of rotatable bonds is 7. The highest BCUT2D eigenvalue weighted by atomic mass is 32.2. The fourth-order valence-corrected chi connectivity index (χ4v) is 5.23. The third-order valence-corrected chi connectivity index (χ3v) is 6.89. The maximum Gasteiger partial charge on any atom is 0.231 e. The van der Waals surface area contributed by atoms with E-state index in [9.17, 15) is 0 Å². The Morgan fingerprint density at radius 2 is 2.03 bits per heavy atom. The van der Waals surface area contributed by atoms with Crippen molar-refractivity contribution in [2.24, 2.45) is 5.14 Å². The van der Waals surface area contributed by atoms with Gasteiger partial charge in [-0.1, -0.05) is 23.7 Å². The lowest BCUT2D eigenvalue weighted by Crippen LogP contribution is -2.03. The maximum absolute atomic E-state index is 6.06. The standard InChI is InChI=1S/C18H17N7O2S3/c19-15-14-16(23-8-22-15)25(3-1-4-29-20)18(24-14)30-13-7-12-11(26-9-27-12)6-10(13)17-21-2-5-28-17/h2,5-8H,1,3-4,9,20H2,(H2,19,22,23). The van der Waals surface area contributed by atoms with Gasteiger partial charge in [0.05, 0.1) is 0 Å². The SMILES string of the molecule is NSCCCn1c(Sc2cc3c(cc2-c2nccs2)OCO3)nc2c(N)ncnc21. The van der Waals surface area contributed by atoms with Crippen LogP contribution in [0, 0.1) is 0 Å². The van der Waals surface area contributed by atoms with E-state index >= 15 is 0 Å². The van der Waals surface area contributed by atoms with Gasteiger partial charge < -0.3 is 19.8 Å². The van der Waals surface area contributed by atoms with Crippen molar-refractivity contribution in [1.82, 2.24) is 24.5 Å². The average molecular weight is 460 g/mol. The van der Waals surface area contributed by atoms with Gasteiger partial charge in [0.15, 0.2) is 33.6 Å². The van der Waals surface area contributed by atoms with Crippen molar-refractivity contribution in [2.75, 3.05) is 18.3 Å². The van der Waals surface area contributed by atoms with Crippen molar-refractivity contribution in [3.05, 3.63) is 30.0 Å². The molecule has 1 aliphatic rings. The molecule has 12 heteroatoms. The predicted molar refractivity (Wildman–Crippen MR) is 119 cm³/mol. The minimum atomic E-state index is 0.210. The molecule has 4 heterocycles. The number of aryl methyl sites for hydroxylation is 1. The Labute approximate surface area is 184 Å². The van der Waals surface area contributed by atoms with Crippen molar-refractivity contribution in [2.45, 2.75) is 23.0 Å². The lowest BCUT2D eigenvalue weighted by atomic mass is 10.2. The van der Waals surface area contributed by atoms with Gasteiger partial charge >= 0.3 is 0 Å². The number of benzene rings is 1. The molecule has 1 aromatic carbocycles. The first-order chi connectivity index (χ1) is 14.7. The van der Waals surface area contributed by atoms with Crippen molar-refractivity contribution in [3.8, 4) is 22.1 Å². The zero-order valence-electron chi connectivity index (χ0n) is 15.6. The van der Waals surface area contributed by atoms with Crippen LogP contribution in [0.1, 0.15) is 6.42 Å². The second-order valence-electron chi connectivity index (χ2n) is 6.34. The Balaban J connectivity index is 1.60. The van der Waals surface area contributed by atoms with Crippen LogP contribution in [-0.2, 0) is 6.54 Å². The van der Waals surface area contributed by atoms with Gasteiger partial charge in [-0.15, -0.1) is 11.3 Å². The smallest absolute Gasteiger partial charge is 0.231 e. The largest absolute Gasteiger partial charge is 0.454 e. The van der Waals surface area contributed by atoms with Crippen LogP contribution < -0.4 is 20.3 Å². The Hall–Kier alpha value is -2.54. The van der Waals surface area contributed by atoms with Crippen molar-refractivity contribution >= 4 is 52.0 Å². The fourth-order valence-electron chi connectivity index (χ4n) is 3.15. The van der Waals surface area contributed by atoms with E-state index in [-0.39, 0.29) is 6.79 Å². The molecule has 4 aromatic rings. The van der Waals surface area contributed by atoms with Crippen LogP contribution in [0.2, 0.25) is 0 Å². The number of hydrogen-bond donors (Lipinski definition) is 2. The second-order valence-corrected chi connectivity index (χ2v) is 8.99. The predicted octanol–water partition coefficient (Wildman–Crippen LogP) is 3.41. The Bertz CT molecular complexity index is 1200. The van der Waals surface area contributed by atoms with Gasteiger partial charge in [0.2, 0.25) is 6.79 Å². The fraction of sp³-hybridized carbons (Fsp3) is 0.222. The highest BCUT2D eigenvalue weighted by Gasteiger charge is 2.22. The van der Waals surface area contributed by atoms with Gasteiger partial charge in [-0.05, 0) is 18.6 Å². The van der Waals surface area contributed by atoms with Gasteiger partial charge in [-0.2, -0.15) is 0 Å². The van der Waals surface area contributed by atoms with Crippen molar-refractivity contribution < 1.29 is 9.47 Å². The Kier molecular flexibility index (Phi) is 5.37. The number of nitrogens with two attached hydrogens (primary N) is 2. The van der Waals surface area contributed by atoms with Crippen LogP contribution in [-0.4, -0.2) is 37.0 Å². The maximum atomic E-state index is 6.06. The van der Waals surface area contributed by atoms with Gasteiger partial charge in [0.25, 0.3) is 0 Å². The van der Waals surface area contributed by atoms with Crippen LogP contribution in [0.3, 0.4) is 0 Å². The zero-order valence-corrected chi connectivity index (χ0v) is 18.1. The molecule has 1 aliphatic heterocycles. The molecule has 0 saturated carbocycles. The monoisotopic (exact) mass is 459 g/mol. The summed E-state index contributed by atoms with van der Waals surface area (Å²) in [5.74, 6) is 2.62. The zero-order chi connectivity index (χ0) is 20.5. The molecule has 0 spiro atoms. The molecule has 0 radical (unpaired) electrons. The molecule has 0 bridgehead atoms. The normalized spacial score (nSPS) is 12.7. The molecule has 0 unspecified atom stereocenters. The summed E-state index contributed by atoms with van der Waals surface area (Å²) in [6, 6.07) is 3.94. The first kappa shape index (κ1) is 19.4. The van der Waals surface area contributed by atoms with Crippen LogP contribution >= 0.6 is 35.0 Å². The number of aromatic nitrogens is 5. The van der Waals surface area contributed by atoms with E-state index in [0.717, 1.165) is 39.3 Å². The number of imidazole rings is 1.